The molecule has 33 heavy (non-hydrogen) atoms. The molecule has 0 spiro atoms. The zero-order valence-electron chi connectivity index (χ0n) is 17.9. The number of hydrogen-bond acceptors (Lipinski definition) is 5. The molecule has 0 bridgehead atoms. The normalized spacial score (nSPS) is 13.0. The number of non-ortho nitro benzene ring substituents is 1. The Hall–Kier alpha value is -4.20. The lowest BCUT2D eigenvalue weighted by Gasteiger charge is -2.18. The minimum Gasteiger partial charge on any atom is -0.480 e. The molecule has 3 aromatic carbocycles. The standard InChI is InChI=1S/C25H22N2O6/c1-15-10-11-17(27(31)32)12-16(15)13-23(24(28)29)26-25(30)33-14-22-20-8-4-2-6-18(20)19-7-3-5-9-21(19)22/h2-12,22-23H,13-14H2,1H3,(H,26,30)(H,28,29)/t23-/m0/s1. The van der Waals surface area contributed by atoms with Gasteiger partial charge in [0.2, 0.25) is 0 Å². The third-order valence-electron chi connectivity index (χ3n) is 5.90. The first-order chi connectivity index (χ1) is 15.8. The summed E-state index contributed by atoms with van der Waals surface area (Å²) in [5, 5.41) is 23.0. The van der Waals surface area contributed by atoms with Gasteiger partial charge in [0.05, 0.1) is 4.92 Å². The smallest absolute Gasteiger partial charge is 0.407 e. The molecule has 0 fully saturated rings. The fourth-order valence-electron chi connectivity index (χ4n) is 4.19. The number of nitro benzene ring substituents is 1. The number of benzene rings is 3. The number of aryl methyl sites for hydroxylation is 1. The van der Waals surface area contributed by atoms with Crippen molar-refractivity contribution >= 4 is 17.7 Å². The topological polar surface area (TPSA) is 119 Å². The van der Waals surface area contributed by atoms with Crippen LogP contribution in [0.5, 0.6) is 0 Å². The Morgan fingerprint density at radius 2 is 1.67 bits per heavy atom. The molecule has 0 saturated carbocycles. The molecule has 1 aliphatic rings. The van der Waals surface area contributed by atoms with E-state index in [9.17, 15) is 24.8 Å². The minimum atomic E-state index is -1.29. The molecule has 4 rings (SSSR count). The Bertz CT molecular complexity index is 1190. The van der Waals surface area contributed by atoms with E-state index in [0.717, 1.165) is 22.3 Å². The van der Waals surface area contributed by atoms with Crippen LogP contribution in [0, 0.1) is 17.0 Å². The average Bonchev–Trinajstić information content (AvgIpc) is 3.12. The van der Waals surface area contributed by atoms with Gasteiger partial charge in [-0.25, -0.2) is 9.59 Å². The second-order valence-corrected chi connectivity index (χ2v) is 7.93. The van der Waals surface area contributed by atoms with Crippen molar-refractivity contribution in [3.63, 3.8) is 0 Å². The van der Waals surface area contributed by atoms with Gasteiger partial charge in [-0.15, -0.1) is 0 Å². The maximum absolute atomic E-state index is 12.5. The quantitative estimate of drug-likeness (QED) is 0.409. The van der Waals surface area contributed by atoms with E-state index in [1.807, 2.05) is 48.5 Å². The van der Waals surface area contributed by atoms with Crippen LogP contribution in [-0.4, -0.2) is 34.7 Å². The summed E-state index contributed by atoms with van der Waals surface area (Å²) < 4.78 is 5.43. The van der Waals surface area contributed by atoms with Crippen molar-refractivity contribution < 1.29 is 24.4 Å². The number of ether oxygens (including phenoxy) is 1. The summed E-state index contributed by atoms with van der Waals surface area (Å²) >= 11 is 0. The van der Waals surface area contributed by atoms with Crippen molar-refractivity contribution in [2.75, 3.05) is 6.61 Å². The maximum Gasteiger partial charge on any atom is 0.407 e. The van der Waals surface area contributed by atoms with E-state index in [1.54, 1.807) is 13.0 Å². The highest BCUT2D eigenvalue weighted by atomic mass is 16.6. The lowest BCUT2D eigenvalue weighted by molar-refractivity contribution is -0.384. The monoisotopic (exact) mass is 446 g/mol. The zero-order valence-corrected chi connectivity index (χ0v) is 17.9. The molecular formula is C25H22N2O6. The third kappa shape index (κ3) is 4.55. The molecule has 8 heteroatoms. The van der Waals surface area contributed by atoms with Gasteiger partial charge in [0.15, 0.2) is 0 Å². The molecule has 1 amide bonds. The number of carboxylic acids is 1. The van der Waals surface area contributed by atoms with Crippen LogP contribution in [0.25, 0.3) is 11.1 Å². The van der Waals surface area contributed by atoms with Gasteiger partial charge in [-0.3, -0.25) is 10.1 Å². The van der Waals surface area contributed by atoms with Gasteiger partial charge in [-0.1, -0.05) is 54.6 Å². The summed E-state index contributed by atoms with van der Waals surface area (Å²) in [5.41, 5.74) is 5.30. The van der Waals surface area contributed by atoms with E-state index in [2.05, 4.69) is 5.32 Å². The number of fused-ring (bicyclic) bond motifs is 3. The lowest BCUT2D eigenvalue weighted by atomic mass is 9.98. The Kier molecular flexibility index (Phi) is 6.08. The van der Waals surface area contributed by atoms with Crippen molar-refractivity contribution in [3.8, 4) is 11.1 Å². The summed E-state index contributed by atoms with van der Waals surface area (Å²) in [4.78, 5) is 34.7. The SMILES string of the molecule is Cc1ccc([N+](=O)[O-])cc1C[C@H](NC(=O)OCC1c2ccccc2-c2ccccc21)C(=O)O. The summed E-state index contributed by atoms with van der Waals surface area (Å²) in [6.45, 7) is 1.79. The highest BCUT2D eigenvalue weighted by Gasteiger charge is 2.30. The van der Waals surface area contributed by atoms with Gasteiger partial charge < -0.3 is 15.2 Å². The molecule has 1 atom stereocenters. The first kappa shape index (κ1) is 22.0. The molecule has 0 saturated heterocycles. The molecule has 2 N–H and O–H groups in total. The van der Waals surface area contributed by atoms with Crippen LogP contribution >= 0.6 is 0 Å². The zero-order chi connectivity index (χ0) is 23.5. The number of nitrogens with zero attached hydrogens (tertiary/aromatic N) is 1. The first-order valence-electron chi connectivity index (χ1n) is 10.4. The number of carbonyl (C=O) groups excluding carboxylic acids is 1. The van der Waals surface area contributed by atoms with Crippen LogP contribution in [0.1, 0.15) is 28.2 Å². The van der Waals surface area contributed by atoms with Crippen LogP contribution in [0.2, 0.25) is 0 Å². The van der Waals surface area contributed by atoms with E-state index in [-0.39, 0.29) is 24.6 Å². The number of nitro groups is 1. The number of carboxylic acid groups (broad SMARTS) is 1. The predicted octanol–water partition coefficient (Wildman–Crippen LogP) is 4.44. The summed E-state index contributed by atoms with van der Waals surface area (Å²) in [5.74, 6) is -1.40. The first-order valence-corrected chi connectivity index (χ1v) is 10.4. The van der Waals surface area contributed by atoms with Crippen LogP contribution in [0.3, 0.4) is 0 Å². The number of alkyl carbamates (subject to hydrolysis) is 1. The van der Waals surface area contributed by atoms with E-state index in [0.29, 0.717) is 11.1 Å². The highest BCUT2D eigenvalue weighted by Crippen LogP contribution is 2.44. The Morgan fingerprint density at radius 1 is 1.06 bits per heavy atom. The number of hydrogen-bond donors (Lipinski definition) is 2. The largest absolute Gasteiger partial charge is 0.480 e. The number of amides is 1. The molecule has 0 radical (unpaired) electrons. The van der Waals surface area contributed by atoms with Crippen molar-refractivity contribution in [2.45, 2.75) is 25.3 Å². The molecule has 3 aromatic rings. The van der Waals surface area contributed by atoms with Gasteiger partial charge in [-0.05, 0) is 40.3 Å². The van der Waals surface area contributed by atoms with Crippen LogP contribution < -0.4 is 5.32 Å². The summed E-state index contributed by atoms with van der Waals surface area (Å²) in [6.07, 6.45) is -0.958. The second kappa shape index (κ2) is 9.12. The van der Waals surface area contributed by atoms with Gasteiger partial charge >= 0.3 is 12.1 Å². The van der Waals surface area contributed by atoms with Crippen LogP contribution in [0.15, 0.2) is 66.7 Å². The van der Waals surface area contributed by atoms with E-state index < -0.39 is 23.0 Å². The Labute approximate surface area is 190 Å². The second-order valence-electron chi connectivity index (χ2n) is 7.93. The minimum absolute atomic E-state index is 0.0576. The average molecular weight is 446 g/mol. The molecule has 0 aromatic heterocycles. The van der Waals surface area contributed by atoms with Gasteiger partial charge in [-0.2, -0.15) is 0 Å². The third-order valence-corrected chi connectivity index (χ3v) is 5.90. The number of nitrogens with one attached hydrogen (secondary N) is 1. The summed E-state index contributed by atoms with van der Waals surface area (Å²) in [6, 6.07) is 18.8. The van der Waals surface area contributed by atoms with Gasteiger partial charge in [0.1, 0.15) is 12.6 Å². The Morgan fingerprint density at radius 3 is 2.24 bits per heavy atom. The van der Waals surface area contributed by atoms with E-state index in [1.165, 1.54) is 12.1 Å². The molecule has 0 unspecified atom stereocenters. The Balaban J connectivity index is 1.45. The fourth-order valence-corrected chi connectivity index (χ4v) is 4.19. The van der Waals surface area contributed by atoms with Crippen LogP contribution in [0.4, 0.5) is 10.5 Å². The molecule has 8 nitrogen and oxygen atoms in total. The van der Waals surface area contributed by atoms with Gasteiger partial charge in [0, 0.05) is 24.5 Å². The molecule has 0 aliphatic heterocycles. The fraction of sp³-hybridized carbons (Fsp3) is 0.200. The van der Waals surface area contributed by atoms with Crippen molar-refractivity contribution in [3.05, 3.63) is 99.1 Å². The van der Waals surface area contributed by atoms with E-state index >= 15 is 0 Å². The predicted molar refractivity (Wildman–Crippen MR) is 121 cm³/mol. The number of rotatable bonds is 7. The number of aliphatic carboxylic acids is 1. The number of carbonyl (C=O) groups is 2. The van der Waals surface area contributed by atoms with Crippen LogP contribution in [-0.2, 0) is 16.0 Å². The molecular weight excluding hydrogens is 424 g/mol. The lowest BCUT2D eigenvalue weighted by Crippen LogP contribution is -2.43. The van der Waals surface area contributed by atoms with E-state index in [4.69, 9.17) is 4.74 Å². The van der Waals surface area contributed by atoms with Gasteiger partial charge in [0.25, 0.3) is 5.69 Å². The van der Waals surface area contributed by atoms with Crippen molar-refractivity contribution in [1.29, 1.82) is 0 Å². The molecule has 168 valence electrons. The highest BCUT2D eigenvalue weighted by molar-refractivity contribution is 5.81. The molecule has 1 aliphatic carbocycles. The molecule has 0 heterocycles. The van der Waals surface area contributed by atoms with Crippen molar-refractivity contribution in [1.82, 2.24) is 5.32 Å². The van der Waals surface area contributed by atoms with Crippen molar-refractivity contribution in [2.24, 2.45) is 0 Å². The maximum atomic E-state index is 12.5. The summed E-state index contributed by atoms with van der Waals surface area (Å²) in [7, 11) is 0.